The van der Waals surface area contributed by atoms with Crippen LogP contribution in [0, 0.1) is 0 Å². The minimum absolute atomic E-state index is 0.554. The molecule has 0 aliphatic heterocycles. The Balaban J connectivity index is 3.02. The standard InChI is InChI=1S/C7H9NO2S/c1-10-5-2-3-6(8)7(4-5)11-9/h2-4,9H,8H2,1H3. The quantitative estimate of drug-likeness (QED) is 0.526. The maximum atomic E-state index is 8.72. The van der Waals surface area contributed by atoms with Crippen molar-refractivity contribution < 1.29 is 9.29 Å². The molecule has 0 spiro atoms. The number of methoxy groups -OCH3 is 1. The van der Waals surface area contributed by atoms with E-state index in [9.17, 15) is 0 Å². The van der Waals surface area contributed by atoms with Gasteiger partial charge in [-0.25, -0.2) is 0 Å². The molecule has 0 aliphatic carbocycles. The summed E-state index contributed by atoms with van der Waals surface area (Å²) in [6.45, 7) is 0. The van der Waals surface area contributed by atoms with Crippen LogP contribution in [0.25, 0.3) is 0 Å². The number of anilines is 1. The van der Waals surface area contributed by atoms with Gasteiger partial charge < -0.3 is 15.0 Å². The molecular weight excluding hydrogens is 162 g/mol. The third kappa shape index (κ3) is 1.78. The van der Waals surface area contributed by atoms with E-state index in [0.29, 0.717) is 28.4 Å². The van der Waals surface area contributed by atoms with Crippen molar-refractivity contribution in [1.82, 2.24) is 0 Å². The van der Waals surface area contributed by atoms with Gasteiger partial charge >= 0.3 is 0 Å². The van der Waals surface area contributed by atoms with E-state index in [1.807, 2.05) is 0 Å². The third-order valence-electron chi connectivity index (χ3n) is 1.32. The van der Waals surface area contributed by atoms with Gasteiger partial charge in [-0.1, -0.05) is 0 Å². The molecule has 0 saturated carbocycles. The Morgan fingerprint density at radius 2 is 2.27 bits per heavy atom. The van der Waals surface area contributed by atoms with Gasteiger partial charge in [0.05, 0.1) is 12.0 Å². The molecule has 4 heteroatoms. The molecule has 1 rings (SSSR count). The molecule has 1 aromatic carbocycles. The summed E-state index contributed by atoms with van der Waals surface area (Å²) < 4.78 is 13.7. The van der Waals surface area contributed by atoms with Crippen molar-refractivity contribution >= 4 is 17.7 Å². The van der Waals surface area contributed by atoms with Crippen molar-refractivity contribution in [2.75, 3.05) is 12.8 Å². The molecule has 11 heavy (non-hydrogen) atoms. The molecule has 3 nitrogen and oxygen atoms in total. The van der Waals surface area contributed by atoms with Crippen LogP contribution in [0.2, 0.25) is 0 Å². The lowest BCUT2D eigenvalue weighted by molar-refractivity contribution is 0.413. The van der Waals surface area contributed by atoms with Crippen molar-refractivity contribution in [1.29, 1.82) is 0 Å². The average Bonchev–Trinajstić information content (AvgIpc) is 2.05. The maximum absolute atomic E-state index is 8.72. The topological polar surface area (TPSA) is 55.5 Å². The highest BCUT2D eigenvalue weighted by Gasteiger charge is 1.99. The summed E-state index contributed by atoms with van der Waals surface area (Å²) in [4.78, 5) is 0.615. The summed E-state index contributed by atoms with van der Waals surface area (Å²) in [7, 11) is 1.57. The van der Waals surface area contributed by atoms with Gasteiger partial charge in [0.2, 0.25) is 0 Å². The molecule has 0 bridgehead atoms. The fourth-order valence-corrected chi connectivity index (χ4v) is 1.06. The zero-order chi connectivity index (χ0) is 8.27. The van der Waals surface area contributed by atoms with Crippen molar-refractivity contribution in [3.63, 3.8) is 0 Å². The molecule has 0 unspecified atom stereocenters. The Morgan fingerprint density at radius 3 is 2.82 bits per heavy atom. The van der Waals surface area contributed by atoms with E-state index in [1.54, 1.807) is 25.3 Å². The SMILES string of the molecule is COc1ccc(N)c(SO)c1. The van der Waals surface area contributed by atoms with E-state index >= 15 is 0 Å². The van der Waals surface area contributed by atoms with Crippen molar-refractivity contribution in [2.24, 2.45) is 0 Å². The van der Waals surface area contributed by atoms with E-state index < -0.39 is 0 Å². The highest BCUT2D eigenvalue weighted by atomic mass is 32.2. The molecule has 0 heterocycles. The summed E-state index contributed by atoms with van der Waals surface area (Å²) in [6, 6.07) is 5.12. The Labute approximate surface area is 69.4 Å². The van der Waals surface area contributed by atoms with Gasteiger partial charge in [0, 0.05) is 17.7 Å². The Bertz CT molecular complexity index is 252. The van der Waals surface area contributed by atoms with Crippen LogP contribution in [0.1, 0.15) is 0 Å². The number of nitrogens with two attached hydrogens (primary N) is 1. The monoisotopic (exact) mass is 171 g/mol. The van der Waals surface area contributed by atoms with E-state index in [-0.39, 0.29) is 0 Å². The van der Waals surface area contributed by atoms with Crippen LogP contribution in [0.5, 0.6) is 5.75 Å². The second-order valence-electron chi connectivity index (χ2n) is 2.00. The summed E-state index contributed by atoms with van der Waals surface area (Å²) in [5.41, 5.74) is 6.07. The predicted molar refractivity (Wildman–Crippen MR) is 45.9 cm³/mol. The molecule has 0 fully saturated rings. The lowest BCUT2D eigenvalue weighted by Gasteiger charge is -2.03. The first-order valence-corrected chi connectivity index (χ1v) is 3.80. The Kier molecular flexibility index (Phi) is 2.62. The molecule has 0 saturated heterocycles. The van der Waals surface area contributed by atoms with Crippen LogP contribution < -0.4 is 10.5 Å². The largest absolute Gasteiger partial charge is 0.497 e. The maximum Gasteiger partial charge on any atom is 0.120 e. The van der Waals surface area contributed by atoms with Crippen LogP contribution in [-0.4, -0.2) is 11.7 Å². The van der Waals surface area contributed by atoms with E-state index in [1.165, 1.54) is 0 Å². The van der Waals surface area contributed by atoms with Crippen LogP contribution in [0.3, 0.4) is 0 Å². The zero-order valence-corrected chi connectivity index (χ0v) is 6.89. The third-order valence-corrected chi connectivity index (χ3v) is 1.87. The van der Waals surface area contributed by atoms with Gasteiger partial charge in [-0.3, -0.25) is 0 Å². The molecule has 1 aromatic rings. The number of rotatable bonds is 2. The smallest absolute Gasteiger partial charge is 0.120 e. The van der Waals surface area contributed by atoms with Gasteiger partial charge in [0.25, 0.3) is 0 Å². The summed E-state index contributed by atoms with van der Waals surface area (Å²) in [6.07, 6.45) is 0. The van der Waals surface area contributed by atoms with E-state index in [2.05, 4.69) is 0 Å². The van der Waals surface area contributed by atoms with Gasteiger partial charge in [0.15, 0.2) is 0 Å². The minimum atomic E-state index is 0.554. The first-order valence-electron chi connectivity index (χ1n) is 3.03. The fraction of sp³-hybridized carbons (Fsp3) is 0.143. The van der Waals surface area contributed by atoms with Crippen LogP contribution in [0.15, 0.2) is 23.1 Å². The molecule has 0 atom stereocenters. The van der Waals surface area contributed by atoms with Gasteiger partial charge in [-0.05, 0) is 18.2 Å². The van der Waals surface area contributed by atoms with Gasteiger partial charge in [-0.15, -0.1) is 0 Å². The predicted octanol–water partition coefficient (Wildman–Crippen LogP) is 1.84. The number of hydrogen-bond acceptors (Lipinski definition) is 4. The number of benzene rings is 1. The molecule has 0 aromatic heterocycles. The van der Waals surface area contributed by atoms with E-state index in [4.69, 9.17) is 15.0 Å². The number of ether oxygens (including phenoxy) is 1. The van der Waals surface area contributed by atoms with Gasteiger partial charge in [-0.2, -0.15) is 0 Å². The first-order chi connectivity index (χ1) is 5.27. The highest BCUT2D eigenvalue weighted by Crippen LogP contribution is 2.26. The summed E-state index contributed by atoms with van der Waals surface area (Å²) in [5.74, 6) is 0.691. The van der Waals surface area contributed by atoms with Crippen molar-refractivity contribution in [3.05, 3.63) is 18.2 Å². The zero-order valence-electron chi connectivity index (χ0n) is 6.07. The van der Waals surface area contributed by atoms with E-state index in [0.717, 1.165) is 0 Å². The molecule has 0 aliphatic rings. The highest BCUT2D eigenvalue weighted by molar-refractivity contribution is 7.94. The Morgan fingerprint density at radius 1 is 1.55 bits per heavy atom. The van der Waals surface area contributed by atoms with Gasteiger partial charge in [0.1, 0.15) is 5.75 Å². The van der Waals surface area contributed by atoms with Crippen molar-refractivity contribution in [3.8, 4) is 5.75 Å². The van der Waals surface area contributed by atoms with Crippen LogP contribution >= 0.6 is 12.0 Å². The number of nitrogen functional groups attached to an aromatic ring is 1. The molecule has 60 valence electrons. The lowest BCUT2D eigenvalue weighted by Crippen LogP contribution is -1.89. The molecule has 3 N–H and O–H groups in total. The normalized spacial score (nSPS) is 9.64. The number of hydrogen-bond donors (Lipinski definition) is 2. The molecular formula is C7H9NO2S. The lowest BCUT2D eigenvalue weighted by atomic mass is 10.3. The second-order valence-corrected chi connectivity index (χ2v) is 2.62. The summed E-state index contributed by atoms with van der Waals surface area (Å²) >= 11 is 0.620. The summed E-state index contributed by atoms with van der Waals surface area (Å²) in [5, 5.41) is 0. The Hall–Kier alpha value is -0.870. The fourth-order valence-electron chi connectivity index (χ4n) is 0.721. The van der Waals surface area contributed by atoms with Crippen LogP contribution in [-0.2, 0) is 0 Å². The average molecular weight is 171 g/mol. The first kappa shape index (κ1) is 8.23. The molecule has 0 amide bonds. The second kappa shape index (κ2) is 3.50. The van der Waals surface area contributed by atoms with Crippen LogP contribution in [0.4, 0.5) is 5.69 Å². The minimum Gasteiger partial charge on any atom is -0.497 e. The van der Waals surface area contributed by atoms with Crippen molar-refractivity contribution in [2.45, 2.75) is 4.90 Å². The molecule has 0 radical (unpaired) electrons.